The van der Waals surface area contributed by atoms with Crippen molar-refractivity contribution in [1.82, 2.24) is 10.2 Å². The monoisotopic (exact) mass is 172 g/mol. The molecule has 1 unspecified atom stereocenters. The number of hydrogen-bond acceptors (Lipinski definition) is 4. The SMILES string of the molecule is COC(=O)C1CN(C)CCCN1. The number of carbonyl (C=O) groups excluding carboxylic acids is 1. The van der Waals surface area contributed by atoms with Crippen LogP contribution < -0.4 is 5.32 Å². The number of carbonyl (C=O) groups is 1. The minimum absolute atomic E-state index is 0.150. The molecule has 0 amide bonds. The Morgan fingerprint density at radius 2 is 2.42 bits per heavy atom. The third-order valence-electron chi connectivity index (χ3n) is 2.09. The molecule has 0 bridgehead atoms. The van der Waals surface area contributed by atoms with Crippen LogP contribution in [0.5, 0.6) is 0 Å². The normalized spacial score (nSPS) is 26.3. The molecular formula is C8H16N2O2. The first kappa shape index (κ1) is 9.48. The molecule has 0 aliphatic carbocycles. The van der Waals surface area contributed by atoms with Crippen molar-refractivity contribution in [2.45, 2.75) is 12.5 Å². The average molecular weight is 172 g/mol. The van der Waals surface area contributed by atoms with Gasteiger partial charge < -0.3 is 15.0 Å². The van der Waals surface area contributed by atoms with E-state index in [1.54, 1.807) is 0 Å². The van der Waals surface area contributed by atoms with Crippen LogP contribution in [0.15, 0.2) is 0 Å². The third-order valence-corrected chi connectivity index (χ3v) is 2.09. The van der Waals surface area contributed by atoms with E-state index in [0.29, 0.717) is 0 Å². The van der Waals surface area contributed by atoms with Crippen molar-refractivity contribution in [3.05, 3.63) is 0 Å². The Labute approximate surface area is 72.9 Å². The van der Waals surface area contributed by atoms with Crippen molar-refractivity contribution in [2.75, 3.05) is 33.8 Å². The molecule has 12 heavy (non-hydrogen) atoms. The zero-order valence-corrected chi connectivity index (χ0v) is 7.67. The van der Waals surface area contributed by atoms with Crippen LogP contribution in [-0.4, -0.2) is 50.7 Å². The Morgan fingerprint density at radius 3 is 3.08 bits per heavy atom. The van der Waals surface area contributed by atoms with E-state index in [-0.39, 0.29) is 12.0 Å². The summed E-state index contributed by atoms with van der Waals surface area (Å²) < 4.78 is 4.67. The maximum Gasteiger partial charge on any atom is 0.324 e. The van der Waals surface area contributed by atoms with Crippen LogP contribution in [-0.2, 0) is 9.53 Å². The molecular weight excluding hydrogens is 156 g/mol. The van der Waals surface area contributed by atoms with Gasteiger partial charge in [-0.2, -0.15) is 0 Å². The van der Waals surface area contributed by atoms with Crippen molar-refractivity contribution in [2.24, 2.45) is 0 Å². The van der Waals surface area contributed by atoms with E-state index in [4.69, 9.17) is 0 Å². The van der Waals surface area contributed by atoms with Gasteiger partial charge in [0.05, 0.1) is 7.11 Å². The topological polar surface area (TPSA) is 41.6 Å². The van der Waals surface area contributed by atoms with E-state index in [1.165, 1.54) is 7.11 Å². The summed E-state index contributed by atoms with van der Waals surface area (Å²) in [5, 5.41) is 3.15. The maximum absolute atomic E-state index is 11.2. The Morgan fingerprint density at radius 1 is 1.67 bits per heavy atom. The molecule has 0 saturated carbocycles. The molecule has 1 N–H and O–H groups in total. The molecule has 0 aromatic heterocycles. The van der Waals surface area contributed by atoms with Gasteiger partial charge in [-0.05, 0) is 26.6 Å². The van der Waals surface area contributed by atoms with E-state index in [9.17, 15) is 4.79 Å². The van der Waals surface area contributed by atoms with Crippen LogP contribution in [0.25, 0.3) is 0 Å². The summed E-state index contributed by atoms with van der Waals surface area (Å²) in [5.74, 6) is -0.163. The Bertz CT molecular complexity index is 161. The Hall–Kier alpha value is -0.610. The van der Waals surface area contributed by atoms with Gasteiger partial charge in [-0.1, -0.05) is 0 Å². The number of likely N-dealkylation sites (N-methyl/N-ethyl adjacent to an activating group) is 1. The molecule has 1 fully saturated rings. The largest absolute Gasteiger partial charge is 0.468 e. The zero-order chi connectivity index (χ0) is 8.97. The summed E-state index contributed by atoms with van der Waals surface area (Å²) >= 11 is 0. The summed E-state index contributed by atoms with van der Waals surface area (Å²) in [5.41, 5.74) is 0. The molecule has 1 heterocycles. The average Bonchev–Trinajstić information content (AvgIpc) is 2.28. The molecule has 0 radical (unpaired) electrons. The molecule has 1 rings (SSSR count). The number of hydrogen-bond donors (Lipinski definition) is 1. The number of esters is 1. The molecule has 1 atom stereocenters. The molecule has 0 aromatic rings. The molecule has 0 spiro atoms. The smallest absolute Gasteiger partial charge is 0.324 e. The quantitative estimate of drug-likeness (QED) is 0.539. The lowest BCUT2D eigenvalue weighted by Crippen LogP contribution is -2.43. The number of methoxy groups -OCH3 is 1. The lowest BCUT2D eigenvalue weighted by molar-refractivity contribution is -0.143. The highest BCUT2D eigenvalue weighted by atomic mass is 16.5. The molecule has 4 nitrogen and oxygen atoms in total. The first-order valence-corrected chi connectivity index (χ1v) is 4.24. The zero-order valence-electron chi connectivity index (χ0n) is 7.67. The van der Waals surface area contributed by atoms with E-state index in [1.807, 2.05) is 7.05 Å². The molecule has 1 aliphatic heterocycles. The van der Waals surface area contributed by atoms with Crippen LogP contribution in [0.1, 0.15) is 6.42 Å². The van der Waals surface area contributed by atoms with Crippen LogP contribution in [0.2, 0.25) is 0 Å². The van der Waals surface area contributed by atoms with Gasteiger partial charge in [0.25, 0.3) is 0 Å². The number of ether oxygens (including phenoxy) is 1. The second-order valence-electron chi connectivity index (χ2n) is 3.15. The fourth-order valence-electron chi connectivity index (χ4n) is 1.39. The maximum atomic E-state index is 11.2. The van der Waals surface area contributed by atoms with Crippen LogP contribution in [0.3, 0.4) is 0 Å². The fourth-order valence-corrected chi connectivity index (χ4v) is 1.39. The summed E-state index contributed by atoms with van der Waals surface area (Å²) in [6.45, 7) is 2.68. The van der Waals surface area contributed by atoms with Gasteiger partial charge >= 0.3 is 5.97 Å². The second kappa shape index (κ2) is 4.42. The second-order valence-corrected chi connectivity index (χ2v) is 3.15. The first-order valence-electron chi connectivity index (χ1n) is 4.24. The Kier molecular flexibility index (Phi) is 3.49. The van der Waals surface area contributed by atoms with E-state index >= 15 is 0 Å². The van der Waals surface area contributed by atoms with Gasteiger partial charge in [-0.25, -0.2) is 0 Å². The van der Waals surface area contributed by atoms with Gasteiger partial charge in [0.2, 0.25) is 0 Å². The predicted octanol–water partition coefficient (Wildman–Crippen LogP) is -0.547. The summed E-state index contributed by atoms with van der Waals surface area (Å²) in [7, 11) is 3.44. The lowest BCUT2D eigenvalue weighted by Gasteiger charge is -2.17. The highest BCUT2D eigenvalue weighted by Crippen LogP contribution is 1.98. The molecule has 0 aromatic carbocycles. The predicted molar refractivity (Wildman–Crippen MR) is 45.9 cm³/mol. The van der Waals surface area contributed by atoms with Crippen LogP contribution in [0, 0.1) is 0 Å². The van der Waals surface area contributed by atoms with Crippen molar-refractivity contribution < 1.29 is 9.53 Å². The number of nitrogens with zero attached hydrogens (tertiary/aromatic N) is 1. The minimum atomic E-state index is -0.163. The van der Waals surface area contributed by atoms with Gasteiger partial charge in [0.15, 0.2) is 0 Å². The fraction of sp³-hybridized carbons (Fsp3) is 0.875. The number of rotatable bonds is 1. The van der Waals surface area contributed by atoms with Crippen molar-refractivity contribution in [1.29, 1.82) is 0 Å². The highest BCUT2D eigenvalue weighted by molar-refractivity contribution is 5.75. The van der Waals surface area contributed by atoms with Crippen molar-refractivity contribution in [3.8, 4) is 0 Å². The third kappa shape index (κ3) is 2.46. The van der Waals surface area contributed by atoms with E-state index < -0.39 is 0 Å². The standard InChI is InChI=1S/C8H16N2O2/c1-10-5-3-4-9-7(6-10)8(11)12-2/h7,9H,3-6H2,1-2H3. The minimum Gasteiger partial charge on any atom is -0.468 e. The van der Waals surface area contributed by atoms with Gasteiger partial charge in [0, 0.05) is 6.54 Å². The van der Waals surface area contributed by atoms with Gasteiger partial charge in [-0.3, -0.25) is 4.79 Å². The lowest BCUT2D eigenvalue weighted by atomic mass is 10.3. The molecule has 1 saturated heterocycles. The van der Waals surface area contributed by atoms with E-state index in [0.717, 1.165) is 26.1 Å². The summed E-state index contributed by atoms with van der Waals surface area (Å²) in [6.07, 6.45) is 1.09. The number of nitrogens with one attached hydrogen (secondary N) is 1. The van der Waals surface area contributed by atoms with Crippen LogP contribution >= 0.6 is 0 Å². The highest BCUT2D eigenvalue weighted by Gasteiger charge is 2.22. The van der Waals surface area contributed by atoms with Crippen LogP contribution in [0.4, 0.5) is 0 Å². The summed E-state index contributed by atoms with van der Waals surface area (Å²) in [6, 6.07) is -0.150. The van der Waals surface area contributed by atoms with Gasteiger partial charge in [0.1, 0.15) is 6.04 Å². The van der Waals surface area contributed by atoms with Gasteiger partial charge in [-0.15, -0.1) is 0 Å². The first-order chi connectivity index (χ1) is 5.74. The molecule has 70 valence electrons. The Balaban J connectivity index is 2.46. The molecule has 4 heteroatoms. The molecule has 1 aliphatic rings. The summed E-state index contributed by atoms with van der Waals surface area (Å²) in [4.78, 5) is 13.3. The van der Waals surface area contributed by atoms with E-state index in [2.05, 4.69) is 15.0 Å². The van der Waals surface area contributed by atoms with Crippen molar-refractivity contribution >= 4 is 5.97 Å². The van der Waals surface area contributed by atoms with Crippen molar-refractivity contribution in [3.63, 3.8) is 0 Å².